The molecule has 1 aliphatic heterocycles. The number of benzene rings is 2. The van der Waals surface area contributed by atoms with Gasteiger partial charge >= 0.3 is 0 Å². The normalized spacial score (nSPS) is 15.3. The van der Waals surface area contributed by atoms with Crippen LogP contribution in [0.25, 0.3) is 0 Å². The molecule has 1 aromatic heterocycles. The molecule has 8 nitrogen and oxygen atoms in total. The van der Waals surface area contributed by atoms with E-state index in [1.54, 1.807) is 11.8 Å². The number of allylic oxidation sites excluding steroid dienone is 1. The average molecular weight is 419 g/mol. The number of anilines is 2. The van der Waals surface area contributed by atoms with Gasteiger partial charge in [-0.25, -0.2) is 4.68 Å². The van der Waals surface area contributed by atoms with E-state index in [9.17, 15) is 4.79 Å². The summed E-state index contributed by atoms with van der Waals surface area (Å²) in [4.78, 5) is 17.9. The summed E-state index contributed by atoms with van der Waals surface area (Å²) in [5.74, 6) is 1.71. The molecular formula is C23H25N5O3. The SMILES string of the molecule is COc1ccc([C@@H]2C(C(=O)Nc3ccccc3)=C(C)Nc3nc(CCCO)nn32)cc1. The Kier molecular flexibility index (Phi) is 5.99. The first kappa shape index (κ1) is 20.6. The summed E-state index contributed by atoms with van der Waals surface area (Å²) >= 11 is 0. The Balaban J connectivity index is 1.75. The number of para-hydroxylation sites is 1. The van der Waals surface area contributed by atoms with Gasteiger partial charge in [0.05, 0.1) is 12.7 Å². The summed E-state index contributed by atoms with van der Waals surface area (Å²) in [5, 5.41) is 20.0. The number of aromatic nitrogens is 3. The molecule has 31 heavy (non-hydrogen) atoms. The number of hydrogen-bond acceptors (Lipinski definition) is 6. The van der Waals surface area contributed by atoms with Crippen LogP contribution in [0.4, 0.5) is 11.6 Å². The molecule has 3 aromatic rings. The Labute approximate surface area is 180 Å². The van der Waals surface area contributed by atoms with Gasteiger partial charge in [0.25, 0.3) is 5.91 Å². The third kappa shape index (κ3) is 4.29. The summed E-state index contributed by atoms with van der Waals surface area (Å²) in [5.41, 5.74) is 2.87. The second-order valence-corrected chi connectivity index (χ2v) is 7.28. The fourth-order valence-corrected chi connectivity index (χ4v) is 3.65. The summed E-state index contributed by atoms with van der Waals surface area (Å²) in [6.45, 7) is 1.93. The molecule has 0 saturated carbocycles. The zero-order valence-corrected chi connectivity index (χ0v) is 17.5. The lowest BCUT2D eigenvalue weighted by Gasteiger charge is -2.28. The molecule has 160 valence electrons. The predicted molar refractivity (Wildman–Crippen MR) is 118 cm³/mol. The molecule has 1 aliphatic rings. The van der Waals surface area contributed by atoms with Gasteiger partial charge in [0, 0.05) is 24.4 Å². The van der Waals surface area contributed by atoms with Crippen molar-refractivity contribution in [3.8, 4) is 5.75 Å². The minimum Gasteiger partial charge on any atom is -0.497 e. The average Bonchev–Trinajstić information content (AvgIpc) is 3.19. The van der Waals surface area contributed by atoms with Gasteiger partial charge in [-0.15, -0.1) is 0 Å². The number of aliphatic hydroxyl groups is 1. The highest BCUT2D eigenvalue weighted by molar-refractivity contribution is 6.06. The van der Waals surface area contributed by atoms with Crippen molar-refractivity contribution in [2.75, 3.05) is 24.4 Å². The smallest absolute Gasteiger partial charge is 0.255 e. The monoisotopic (exact) mass is 419 g/mol. The summed E-state index contributed by atoms with van der Waals surface area (Å²) in [7, 11) is 1.62. The Morgan fingerprint density at radius 1 is 1.19 bits per heavy atom. The summed E-state index contributed by atoms with van der Waals surface area (Å²) < 4.78 is 7.02. The van der Waals surface area contributed by atoms with E-state index in [-0.39, 0.29) is 12.5 Å². The third-order valence-corrected chi connectivity index (χ3v) is 5.16. The molecular weight excluding hydrogens is 394 g/mol. The Hall–Kier alpha value is -3.65. The number of aryl methyl sites for hydroxylation is 1. The van der Waals surface area contributed by atoms with Crippen LogP contribution in [0.2, 0.25) is 0 Å². The molecule has 0 fully saturated rings. The van der Waals surface area contributed by atoms with E-state index in [4.69, 9.17) is 9.84 Å². The van der Waals surface area contributed by atoms with Gasteiger partial charge < -0.3 is 20.5 Å². The standard InChI is InChI=1S/C23H25N5O3/c1-15-20(22(30)25-17-7-4-3-5-8-17)21(16-10-12-18(31-2)13-11-16)28-23(24-15)26-19(27-28)9-6-14-29/h3-5,7-8,10-13,21,29H,6,9,14H2,1-2H3,(H,25,30)(H,24,26,27)/t21-/m1/s1. The first-order valence-electron chi connectivity index (χ1n) is 10.1. The second-order valence-electron chi connectivity index (χ2n) is 7.28. The number of carbonyl (C=O) groups is 1. The van der Waals surface area contributed by atoms with Gasteiger partial charge in [0.1, 0.15) is 11.8 Å². The first-order valence-corrected chi connectivity index (χ1v) is 10.1. The van der Waals surface area contributed by atoms with Crippen molar-refractivity contribution in [1.29, 1.82) is 0 Å². The summed E-state index contributed by atoms with van der Waals surface area (Å²) in [6.07, 6.45) is 1.13. The molecule has 0 radical (unpaired) electrons. The van der Waals surface area contributed by atoms with Gasteiger partial charge in [0.15, 0.2) is 5.82 Å². The number of methoxy groups -OCH3 is 1. The number of nitrogens with zero attached hydrogens (tertiary/aromatic N) is 3. The van der Waals surface area contributed by atoms with Crippen LogP contribution in [0.5, 0.6) is 5.75 Å². The van der Waals surface area contributed by atoms with E-state index < -0.39 is 6.04 Å². The molecule has 4 rings (SSSR count). The molecule has 2 heterocycles. The van der Waals surface area contributed by atoms with Crippen LogP contribution in [0, 0.1) is 0 Å². The maximum Gasteiger partial charge on any atom is 0.255 e. The number of fused-ring (bicyclic) bond motifs is 1. The number of hydrogen-bond donors (Lipinski definition) is 3. The van der Waals surface area contributed by atoms with Gasteiger partial charge in [-0.05, 0) is 43.2 Å². The highest BCUT2D eigenvalue weighted by atomic mass is 16.5. The molecule has 0 aliphatic carbocycles. The van der Waals surface area contributed by atoms with E-state index >= 15 is 0 Å². The van der Waals surface area contributed by atoms with E-state index in [2.05, 4.69) is 20.7 Å². The van der Waals surface area contributed by atoms with Crippen LogP contribution in [0.1, 0.15) is 30.8 Å². The first-order chi connectivity index (χ1) is 15.1. The molecule has 8 heteroatoms. The van der Waals surface area contributed by atoms with Gasteiger partial charge in [-0.1, -0.05) is 30.3 Å². The lowest BCUT2D eigenvalue weighted by molar-refractivity contribution is -0.113. The molecule has 1 atom stereocenters. The number of nitrogens with one attached hydrogen (secondary N) is 2. The topological polar surface area (TPSA) is 101 Å². The van der Waals surface area contributed by atoms with Crippen molar-refractivity contribution in [1.82, 2.24) is 14.8 Å². The molecule has 2 aromatic carbocycles. The number of rotatable bonds is 7. The highest BCUT2D eigenvalue weighted by Gasteiger charge is 2.34. The Morgan fingerprint density at radius 2 is 1.94 bits per heavy atom. The largest absolute Gasteiger partial charge is 0.497 e. The van der Waals surface area contributed by atoms with Crippen molar-refractivity contribution in [3.63, 3.8) is 0 Å². The lowest BCUT2D eigenvalue weighted by Crippen LogP contribution is -2.31. The van der Waals surface area contributed by atoms with Crippen LogP contribution in [-0.2, 0) is 11.2 Å². The van der Waals surface area contributed by atoms with Crippen molar-refractivity contribution < 1.29 is 14.6 Å². The third-order valence-electron chi connectivity index (χ3n) is 5.16. The Morgan fingerprint density at radius 3 is 2.61 bits per heavy atom. The molecule has 0 bridgehead atoms. The van der Waals surface area contributed by atoms with Crippen LogP contribution >= 0.6 is 0 Å². The van der Waals surface area contributed by atoms with E-state index in [1.165, 1.54) is 0 Å². The number of aliphatic hydroxyl groups excluding tert-OH is 1. The predicted octanol–water partition coefficient (Wildman–Crippen LogP) is 3.14. The molecule has 3 N–H and O–H groups in total. The second kappa shape index (κ2) is 9.01. The maximum atomic E-state index is 13.3. The lowest BCUT2D eigenvalue weighted by atomic mass is 9.95. The fraction of sp³-hybridized carbons (Fsp3) is 0.261. The van der Waals surface area contributed by atoms with Gasteiger partial charge in [0.2, 0.25) is 5.95 Å². The molecule has 0 unspecified atom stereocenters. The number of carbonyl (C=O) groups excluding carboxylic acids is 1. The van der Waals surface area contributed by atoms with E-state index in [1.807, 2.05) is 61.5 Å². The van der Waals surface area contributed by atoms with Crippen LogP contribution < -0.4 is 15.4 Å². The fourth-order valence-electron chi connectivity index (χ4n) is 3.65. The molecule has 0 saturated heterocycles. The van der Waals surface area contributed by atoms with Crippen LogP contribution in [0.15, 0.2) is 65.9 Å². The number of amides is 1. The Bertz CT molecular complexity index is 1090. The highest BCUT2D eigenvalue weighted by Crippen LogP contribution is 2.36. The maximum absolute atomic E-state index is 13.3. The quantitative estimate of drug-likeness (QED) is 0.544. The van der Waals surface area contributed by atoms with E-state index in [0.717, 1.165) is 11.3 Å². The zero-order valence-electron chi connectivity index (χ0n) is 17.5. The van der Waals surface area contributed by atoms with E-state index in [0.29, 0.717) is 41.6 Å². The summed E-state index contributed by atoms with van der Waals surface area (Å²) in [6, 6.07) is 16.5. The van der Waals surface area contributed by atoms with Crippen molar-refractivity contribution >= 4 is 17.5 Å². The minimum atomic E-state index is -0.457. The van der Waals surface area contributed by atoms with Crippen LogP contribution in [0.3, 0.4) is 0 Å². The zero-order chi connectivity index (χ0) is 21.8. The van der Waals surface area contributed by atoms with Gasteiger partial charge in [-0.3, -0.25) is 4.79 Å². The van der Waals surface area contributed by atoms with Crippen molar-refractivity contribution in [2.24, 2.45) is 0 Å². The van der Waals surface area contributed by atoms with Gasteiger partial charge in [-0.2, -0.15) is 10.1 Å². The molecule has 0 spiro atoms. The number of ether oxygens (including phenoxy) is 1. The van der Waals surface area contributed by atoms with Crippen LogP contribution in [-0.4, -0.2) is 39.5 Å². The minimum absolute atomic E-state index is 0.0707. The van der Waals surface area contributed by atoms with Crippen molar-refractivity contribution in [2.45, 2.75) is 25.8 Å². The molecule has 1 amide bonds. The van der Waals surface area contributed by atoms with Crippen molar-refractivity contribution in [3.05, 3.63) is 77.3 Å².